The molecule has 9 heteroatoms. The molecular formula is C22H19F2N3O3S. The van der Waals surface area contributed by atoms with E-state index in [2.05, 4.69) is 10.6 Å². The number of rotatable bonds is 4. The maximum absolute atomic E-state index is 13.7. The van der Waals surface area contributed by atoms with Gasteiger partial charge in [0.1, 0.15) is 17.3 Å². The fourth-order valence-corrected chi connectivity index (χ4v) is 5.06. The normalized spacial score (nSPS) is 13.4. The number of carbonyl (C=O) groups is 1. The Hall–Kier alpha value is -3.46. The number of hydrogen-bond acceptors (Lipinski definition) is 3. The van der Waals surface area contributed by atoms with Crippen molar-refractivity contribution in [1.29, 1.82) is 0 Å². The summed E-state index contributed by atoms with van der Waals surface area (Å²) in [4.78, 5) is 12.4. The fourth-order valence-electron chi connectivity index (χ4n) is 3.50. The van der Waals surface area contributed by atoms with Gasteiger partial charge in [0.25, 0.3) is 10.0 Å². The molecule has 3 aromatic carbocycles. The lowest BCUT2D eigenvalue weighted by molar-refractivity contribution is 0.262. The van der Waals surface area contributed by atoms with Crippen LogP contribution in [0.2, 0.25) is 0 Å². The van der Waals surface area contributed by atoms with Crippen molar-refractivity contribution in [2.75, 3.05) is 21.5 Å². The molecule has 2 N–H and O–H groups in total. The lowest BCUT2D eigenvalue weighted by Crippen LogP contribution is -2.35. The average Bonchev–Trinajstić information content (AvgIpc) is 2.76. The minimum absolute atomic E-state index is 0.205. The number of nitrogens with zero attached hydrogens (tertiary/aromatic N) is 1. The number of hydrogen-bond donors (Lipinski definition) is 2. The SMILES string of the molecule is O=C(Nc1ccc2c(c1)CCCN2S(=O)(=O)c1ccccc1)Nc1c(F)cccc1F. The molecule has 2 amide bonds. The largest absolute Gasteiger partial charge is 0.323 e. The molecule has 0 unspecified atom stereocenters. The first-order chi connectivity index (χ1) is 14.9. The molecule has 0 saturated carbocycles. The molecule has 0 spiro atoms. The van der Waals surface area contributed by atoms with Crippen LogP contribution in [0.25, 0.3) is 0 Å². The number of para-hydroxylation sites is 1. The molecule has 1 aliphatic heterocycles. The molecule has 1 heterocycles. The van der Waals surface area contributed by atoms with Crippen molar-refractivity contribution < 1.29 is 22.0 Å². The van der Waals surface area contributed by atoms with Crippen LogP contribution in [-0.2, 0) is 16.4 Å². The Labute approximate surface area is 178 Å². The Morgan fingerprint density at radius 2 is 1.61 bits per heavy atom. The summed E-state index contributed by atoms with van der Waals surface area (Å²) in [6.07, 6.45) is 1.25. The molecule has 0 atom stereocenters. The summed E-state index contributed by atoms with van der Waals surface area (Å²) in [5.74, 6) is -1.77. The lowest BCUT2D eigenvalue weighted by Gasteiger charge is -2.30. The number of urea groups is 1. The number of anilines is 3. The molecule has 1 aliphatic rings. The van der Waals surface area contributed by atoms with Gasteiger partial charge in [0.15, 0.2) is 0 Å². The van der Waals surface area contributed by atoms with Gasteiger partial charge in [-0.05, 0) is 60.9 Å². The summed E-state index contributed by atoms with van der Waals surface area (Å²) in [6, 6.07) is 15.5. The lowest BCUT2D eigenvalue weighted by atomic mass is 10.0. The van der Waals surface area contributed by atoms with Crippen LogP contribution >= 0.6 is 0 Å². The van der Waals surface area contributed by atoms with Gasteiger partial charge in [-0.25, -0.2) is 22.0 Å². The number of amides is 2. The number of fused-ring (bicyclic) bond motifs is 1. The molecule has 0 aliphatic carbocycles. The van der Waals surface area contributed by atoms with Crippen LogP contribution in [-0.4, -0.2) is 21.0 Å². The molecule has 0 radical (unpaired) electrons. The van der Waals surface area contributed by atoms with Crippen molar-refractivity contribution in [3.8, 4) is 0 Å². The highest BCUT2D eigenvalue weighted by Gasteiger charge is 2.29. The Morgan fingerprint density at radius 3 is 2.32 bits per heavy atom. The van der Waals surface area contributed by atoms with Crippen molar-refractivity contribution in [3.05, 3.63) is 83.9 Å². The number of halogens is 2. The molecule has 31 heavy (non-hydrogen) atoms. The Kier molecular flexibility index (Phi) is 5.60. The van der Waals surface area contributed by atoms with E-state index in [4.69, 9.17) is 0 Å². The summed E-state index contributed by atoms with van der Waals surface area (Å²) in [5.41, 5.74) is 1.13. The first kappa shape index (κ1) is 20.8. The van der Waals surface area contributed by atoms with Crippen LogP contribution in [0.1, 0.15) is 12.0 Å². The van der Waals surface area contributed by atoms with E-state index < -0.39 is 33.4 Å². The predicted octanol–water partition coefficient (Wildman–Crippen LogP) is 4.75. The number of aryl methyl sites for hydroxylation is 1. The van der Waals surface area contributed by atoms with Gasteiger partial charge in [-0.15, -0.1) is 0 Å². The zero-order valence-electron chi connectivity index (χ0n) is 16.3. The Bertz CT molecular complexity index is 1210. The van der Waals surface area contributed by atoms with E-state index in [1.54, 1.807) is 48.5 Å². The van der Waals surface area contributed by atoms with E-state index in [1.807, 2.05) is 0 Å². The highest BCUT2D eigenvalue weighted by atomic mass is 32.2. The van der Waals surface area contributed by atoms with Gasteiger partial charge in [0.05, 0.1) is 10.6 Å². The third kappa shape index (κ3) is 4.22. The van der Waals surface area contributed by atoms with Gasteiger partial charge in [0.2, 0.25) is 0 Å². The highest BCUT2D eigenvalue weighted by Crippen LogP contribution is 2.33. The molecule has 3 aromatic rings. The van der Waals surface area contributed by atoms with Crippen LogP contribution in [0, 0.1) is 11.6 Å². The van der Waals surface area contributed by atoms with E-state index in [1.165, 1.54) is 10.4 Å². The number of nitrogens with one attached hydrogen (secondary N) is 2. The highest BCUT2D eigenvalue weighted by molar-refractivity contribution is 7.92. The molecule has 6 nitrogen and oxygen atoms in total. The van der Waals surface area contributed by atoms with Crippen molar-refractivity contribution >= 4 is 33.1 Å². The summed E-state index contributed by atoms with van der Waals surface area (Å²) < 4.78 is 54.9. The minimum Gasteiger partial charge on any atom is -0.308 e. The first-order valence-electron chi connectivity index (χ1n) is 9.59. The van der Waals surface area contributed by atoms with Crippen molar-refractivity contribution in [2.45, 2.75) is 17.7 Å². The molecule has 160 valence electrons. The van der Waals surface area contributed by atoms with Gasteiger partial charge in [-0.3, -0.25) is 4.31 Å². The van der Waals surface area contributed by atoms with Crippen molar-refractivity contribution in [1.82, 2.24) is 0 Å². The molecular weight excluding hydrogens is 424 g/mol. The van der Waals surface area contributed by atoms with Crippen LogP contribution < -0.4 is 14.9 Å². The molecule has 0 aromatic heterocycles. The quantitative estimate of drug-likeness (QED) is 0.611. The Balaban J connectivity index is 1.56. The number of benzene rings is 3. The second-order valence-electron chi connectivity index (χ2n) is 7.01. The predicted molar refractivity (Wildman–Crippen MR) is 115 cm³/mol. The smallest absolute Gasteiger partial charge is 0.308 e. The van der Waals surface area contributed by atoms with E-state index in [0.717, 1.165) is 17.7 Å². The summed E-state index contributed by atoms with van der Waals surface area (Å²) in [7, 11) is -3.71. The maximum Gasteiger partial charge on any atom is 0.323 e. The van der Waals surface area contributed by atoms with Gasteiger partial charge in [-0.2, -0.15) is 0 Å². The molecule has 4 rings (SSSR count). The zero-order chi connectivity index (χ0) is 22.0. The van der Waals surface area contributed by atoms with E-state index >= 15 is 0 Å². The first-order valence-corrected chi connectivity index (χ1v) is 11.0. The van der Waals surface area contributed by atoms with Crippen LogP contribution in [0.15, 0.2) is 71.6 Å². The molecule has 0 saturated heterocycles. The minimum atomic E-state index is -3.71. The standard InChI is InChI=1S/C22H19F2N3O3S/c23-18-9-4-10-19(24)21(18)26-22(28)25-16-11-12-20-15(14-16)6-5-13-27(20)31(29,30)17-7-2-1-3-8-17/h1-4,7-12,14H,5-6,13H2,(H2,25,26,28). The van der Waals surface area contributed by atoms with Crippen LogP contribution in [0.3, 0.4) is 0 Å². The van der Waals surface area contributed by atoms with E-state index in [-0.39, 0.29) is 4.90 Å². The van der Waals surface area contributed by atoms with Gasteiger partial charge < -0.3 is 10.6 Å². The maximum atomic E-state index is 13.7. The van der Waals surface area contributed by atoms with Crippen LogP contribution in [0.5, 0.6) is 0 Å². The Morgan fingerprint density at radius 1 is 0.903 bits per heavy atom. The second-order valence-corrected chi connectivity index (χ2v) is 8.88. The summed E-state index contributed by atoms with van der Waals surface area (Å²) in [6.45, 7) is 0.351. The third-order valence-electron chi connectivity index (χ3n) is 4.95. The van der Waals surface area contributed by atoms with E-state index in [9.17, 15) is 22.0 Å². The van der Waals surface area contributed by atoms with Crippen molar-refractivity contribution in [2.24, 2.45) is 0 Å². The zero-order valence-corrected chi connectivity index (χ0v) is 17.1. The van der Waals surface area contributed by atoms with Gasteiger partial charge in [0, 0.05) is 12.2 Å². The summed E-state index contributed by atoms with van der Waals surface area (Å²) >= 11 is 0. The number of carbonyl (C=O) groups excluding carboxylic acids is 1. The molecule has 0 fully saturated rings. The van der Waals surface area contributed by atoms with E-state index in [0.29, 0.717) is 30.8 Å². The van der Waals surface area contributed by atoms with Gasteiger partial charge in [-0.1, -0.05) is 24.3 Å². The number of sulfonamides is 1. The summed E-state index contributed by atoms with van der Waals surface area (Å²) in [5, 5.41) is 4.68. The van der Waals surface area contributed by atoms with Crippen molar-refractivity contribution in [3.63, 3.8) is 0 Å². The average molecular weight is 443 g/mol. The second kappa shape index (κ2) is 8.35. The monoisotopic (exact) mass is 443 g/mol. The van der Waals surface area contributed by atoms with Crippen LogP contribution in [0.4, 0.5) is 30.6 Å². The third-order valence-corrected chi connectivity index (χ3v) is 6.77. The topological polar surface area (TPSA) is 78.5 Å². The molecule has 0 bridgehead atoms. The van der Waals surface area contributed by atoms with Gasteiger partial charge >= 0.3 is 6.03 Å². The fraction of sp³-hybridized carbons (Fsp3) is 0.136.